The number of rotatable bonds is 6. The van der Waals surface area contributed by atoms with Crippen molar-refractivity contribution < 1.29 is 4.79 Å². The maximum Gasteiger partial charge on any atom is 0.222 e. The molecule has 0 unspecified atom stereocenters. The van der Waals surface area contributed by atoms with Gasteiger partial charge < -0.3 is 5.32 Å². The molecule has 1 fully saturated rings. The fraction of sp³-hybridized carbons (Fsp3) is 0.450. The third kappa shape index (κ3) is 5.64. The molecule has 0 radical (unpaired) electrons. The van der Waals surface area contributed by atoms with Crippen molar-refractivity contribution in [3.63, 3.8) is 0 Å². The first kappa shape index (κ1) is 17.5. The van der Waals surface area contributed by atoms with E-state index < -0.39 is 0 Å². The third-order valence-electron chi connectivity index (χ3n) is 4.79. The number of anilines is 1. The van der Waals surface area contributed by atoms with Crippen molar-refractivity contribution in [1.82, 2.24) is 14.9 Å². The van der Waals surface area contributed by atoms with Crippen LogP contribution in [0.3, 0.4) is 0 Å². The van der Waals surface area contributed by atoms with Gasteiger partial charge in [0, 0.05) is 25.9 Å². The number of hydrogen-bond acceptors (Lipinski definition) is 4. The second-order valence-corrected chi connectivity index (χ2v) is 6.81. The van der Waals surface area contributed by atoms with Crippen molar-refractivity contribution in [3.8, 4) is 0 Å². The lowest BCUT2D eigenvalue weighted by Crippen LogP contribution is -2.33. The van der Waals surface area contributed by atoms with Crippen LogP contribution in [0.4, 0.5) is 5.82 Å². The molecule has 2 aromatic rings. The Hall–Kier alpha value is -2.27. The van der Waals surface area contributed by atoms with Gasteiger partial charge in [-0.1, -0.05) is 6.07 Å². The maximum absolute atomic E-state index is 11.1. The summed E-state index contributed by atoms with van der Waals surface area (Å²) < 4.78 is 0. The van der Waals surface area contributed by atoms with E-state index in [0.29, 0.717) is 5.82 Å². The molecule has 1 N–H and O–H groups in total. The first-order valence-electron chi connectivity index (χ1n) is 9.04. The van der Waals surface area contributed by atoms with Gasteiger partial charge in [0.05, 0.1) is 5.69 Å². The minimum absolute atomic E-state index is 0.0788. The van der Waals surface area contributed by atoms with E-state index in [1.165, 1.54) is 31.7 Å². The van der Waals surface area contributed by atoms with Crippen molar-refractivity contribution in [2.75, 3.05) is 18.4 Å². The fourth-order valence-electron chi connectivity index (χ4n) is 3.40. The van der Waals surface area contributed by atoms with E-state index in [1.54, 1.807) is 6.20 Å². The lowest BCUT2D eigenvalue weighted by molar-refractivity contribution is -0.114. The Labute approximate surface area is 149 Å². The quantitative estimate of drug-likeness (QED) is 0.878. The number of aromatic nitrogens is 2. The zero-order valence-corrected chi connectivity index (χ0v) is 14.8. The van der Waals surface area contributed by atoms with Gasteiger partial charge in [-0.05, 0) is 74.5 Å². The van der Waals surface area contributed by atoms with Crippen molar-refractivity contribution >= 4 is 11.7 Å². The molecule has 132 valence electrons. The topological polar surface area (TPSA) is 58.1 Å². The van der Waals surface area contributed by atoms with Crippen molar-refractivity contribution in [2.24, 2.45) is 5.92 Å². The number of pyridine rings is 2. The molecule has 1 aliphatic heterocycles. The van der Waals surface area contributed by atoms with Crippen LogP contribution in [0.5, 0.6) is 0 Å². The van der Waals surface area contributed by atoms with E-state index in [2.05, 4.69) is 32.3 Å². The van der Waals surface area contributed by atoms with Gasteiger partial charge in [0.15, 0.2) is 0 Å². The standard InChI is InChI=1S/C20H26N4O/c1-16(25)23-20-14-18(7-11-22-20)6-5-17-8-12-24(13-9-17)15-19-4-2-3-10-21-19/h2-4,7,10-11,14,17H,5-6,8-9,12-13,15H2,1H3,(H,22,23,25). The van der Waals surface area contributed by atoms with E-state index in [1.807, 2.05) is 24.4 Å². The Morgan fingerprint density at radius 1 is 1.20 bits per heavy atom. The molecule has 1 saturated heterocycles. The van der Waals surface area contributed by atoms with Crippen LogP contribution in [0.2, 0.25) is 0 Å². The number of hydrogen-bond donors (Lipinski definition) is 1. The average Bonchev–Trinajstić information content (AvgIpc) is 2.62. The molecule has 0 saturated carbocycles. The van der Waals surface area contributed by atoms with Crippen LogP contribution in [0, 0.1) is 5.92 Å². The monoisotopic (exact) mass is 338 g/mol. The number of amides is 1. The number of likely N-dealkylation sites (tertiary alicyclic amines) is 1. The van der Waals surface area contributed by atoms with E-state index in [4.69, 9.17) is 0 Å². The number of nitrogens with zero attached hydrogens (tertiary/aromatic N) is 3. The molecule has 2 aromatic heterocycles. The molecule has 1 amide bonds. The Kier molecular flexibility index (Phi) is 6.12. The number of carbonyl (C=O) groups excluding carboxylic acids is 1. The number of carbonyl (C=O) groups is 1. The van der Waals surface area contributed by atoms with Crippen LogP contribution in [0.15, 0.2) is 42.7 Å². The molecular weight excluding hydrogens is 312 g/mol. The molecule has 0 atom stereocenters. The minimum atomic E-state index is -0.0788. The van der Waals surface area contributed by atoms with Gasteiger partial charge in [0.2, 0.25) is 5.91 Å². The van der Waals surface area contributed by atoms with Crippen LogP contribution >= 0.6 is 0 Å². The summed E-state index contributed by atoms with van der Waals surface area (Å²) >= 11 is 0. The lowest BCUT2D eigenvalue weighted by atomic mass is 9.90. The number of piperidine rings is 1. The van der Waals surface area contributed by atoms with Gasteiger partial charge in [0.25, 0.3) is 0 Å². The smallest absolute Gasteiger partial charge is 0.222 e. The second kappa shape index (κ2) is 8.72. The molecule has 0 bridgehead atoms. The molecule has 3 rings (SSSR count). The molecule has 1 aliphatic rings. The first-order valence-corrected chi connectivity index (χ1v) is 9.04. The van der Waals surface area contributed by atoms with Gasteiger partial charge in [-0.3, -0.25) is 14.7 Å². The molecule has 25 heavy (non-hydrogen) atoms. The van der Waals surface area contributed by atoms with Crippen molar-refractivity contribution in [2.45, 2.75) is 39.2 Å². The Balaban J connectivity index is 1.43. The third-order valence-corrected chi connectivity index (χ3v) is 4.79. The van der Waals surface area contributed by atoms with Crippen molar-refractivity contribution in [3.05, 3.63) is 54.0 Å². The molecule has 5 nitrogen and oxygen atoms in total. The average molecular weight is 338 g/mol. The molecular formula is C20H26N4O. The summed E-state index contributed by atoms with van der Waals surface area (Å²) in [5.41, 5.74) is 2.40. The van der Waals surface area contributed by atoms with Crippen LogP contribution < -0.4 is 5.32 Å². The van der Waals surface area contributed by atoms with Crippen molar-refractivity contribution in [1.29, 1.82) is 0 Å². The summed E-state index contributed by atoms with van der Waals surface area (Å²) in [6.07, 6.45) is 8.37. The molecule has 0 aromatic carbocycles. The van der Waals surface area contributed by atoms with Crippen LogP contribution in [-0.4, -0.2) is 33.9 Å². The van der Waals surface area contributed by atoms with Gasteiger partial charge in [0.1, 0.15) is 5.82 Å². The molecule has 0 spiro atoms. The van der Waals surface area contributed by atoms with Gasteiger partial charge in [-0.2, -0.15) is 0 Å². The summed E-state index contributed by atoms with van der Waals surface area (Å²) in [7, 11) is 0. The van der Waals surface area contributed by atoms with Gasteiger partial charge in [-0.25, -0.2) is 4.98 Å². The summed E-state index contributed by atoms with van der Waals surface area (Å²) in [5, 5.41) is 2.75. The normalized spacial score (nSPS) is 15.9. The van der Waals surface area contributed by atoms with E-state index in [9.17, 15) is 4.79 Å². The SMILES string of the molecule is CC(=O)Nc1cc(CCC2CCN(Cc3ccccn3)CC2)ccn1. The Morgan fingerprint density at radius 3 is 2.76 bits per heavy atom. The van der Waals surface area contributed by atoms with Crippen LogP contribution in [-0.2, 0) is 17.8 Å². The minimum Gasteiger partial charge on any atom is -0.311 e. The largest absolute Gasteiger partial charge is 0.311 e. The molecule has 3 heterocycles. The second-order valence-electron chi connectivity index (χ2n) is 6.81. The summed E-state index contributed by atoms with van der Waals surface area (Å²) in [6, 6.07) is 10.1. The fourth-order valence-corrected chi connectivity index (χ4v) is 3.40. The summed E-state index contributed by atoms with van der Waals surface area (Å²) in [6.45, 7) is 4.76. The highest BCUT2D eigenvalue weighted by Gasteiger charge is 2.19. The maximum atomic E-state index is 11.1. The predicted octanol–water partition coefficient (Wildman–Crippen LogP) is 3.28. The van der Waals surface area contributed by atoms with Gasteiger partial charge in [-0.15, -0.1) is 0 Å². The molecule has 0 aliphatic carbocycles. The zero-order chi connectivity index (χ0) is 17.5. The highest BCUT2D eigenvalue weighted by atomic mass is 16.1. The predicted molar refractivity (Wildman–Crippen MR) is 99.1 cm³/mol. The number of nitrogens with one attached hydrogen (secondary N) is 1. The number of aryl methyl sites for hydroxylation is 1. The highest BCUT2D eigenvalue weighted by molar-refractivity contribution is 5.87. The van der Waals surface area contributed by atoms with E-state index in [-0.39, 0.29) is 5.91 Å². The van der Waals surface area contributed by atoms with Gasteiger partial charge >= 0.3 is 0 Å². The van der Waals surface area contributed by atoms with Crippen LogP contribution in [0.1, 0.15) is 37.4 Å². The molecule has 5 heteroatoms. The lowest BCUT2D eigenvalue weighted by Gasteiger charge is -2.31. The Bertz CT molecular complexity index is 681. The van der Waals surface area contributed by atoms with E-state index in [0.717, 1.165) is 37.7 Å². The summed E-state index contributed by atoms with van der Waals surface area (Å²) in [5.74, 6) is 1.34. The summed E-state index contributed by atoms with van der Waals surface area (Å²) in [4.78, 5) is 22.2. The first-order chi connectivity index (χ1) is 12.2. The highest BCUT2D eigenvalue weighted by Crippen LogP contribution is 2.23. The Morgan fingerprint density at radius 2 is 2.04 bits per heavy atom. The zero-order valence-electron chi connectivity index (χ0n) is 14.8. The van der Waals surface area contributed by atoms with E-state index >= 15 is 0 Å². The van der Waals surface area contributed by atoms with Crippen LogP contribution in [0.25, 0.3) is 0 Å².